The highest BCUT2D eigenvalue weighted by molar-refractivity contribution is 5.71. The van der Waals surface area contributed by atoms with Gasteiger partial charge in [0.15, 0.2) is 6.10 Å². The Balaban J connectivity index is 4.36. The van der Waals surface area contributed by atoms with Gasteiger partial charge in [-0.05, 0) is 135 Å². The van der Waals surface area contributed by atoms with Crippen LogP contribution in [-0.4, -0.2) is 37.2 Å². The molecule has 0 aromatic carbocycles. The second kappa shape index (κ2) is 65.3. The SMILES string of the molecule is CC/C=C\C/C=C\C/C=C\C/C=C\C/C=C\C/C=C\CCCCC(=O)OC(COC(=O)CCCCCCC/C=C\CCCCC)COC(=O)CCCCCCCCCCCCCC/C=C\C/C=C\C/C=C\CCCCCCC. The van der Waals surface area contributed by atoms with Gasteiger partial charge in [0.2, 0.25) is 0 Å². The molecule has 0 bridgehead atoms. The van der Waals surface area contributed by atoms with Crippen molar-refractivity contribution in [1.29, 1.82) is 0 Å². The van der Waals surface area contributed by atoms with E-state index in [0.29, 0.717) is 19.3 Å². The summed E-state index contributed by atoms with van der Waals surface area (Å²) >= 11 is 0. The predicted octanol–water partition coefficient (Wildman–Crippen LogP) is 22.4. The molecule has 0 aromatic rings. The van der Waals surface area contributed by atoms with Crippen LogP contribution < -0.4 is 0 Å². The van der Waals surface area contributed by atoms with Gasteiger partial charge in [0, 0.05) is 19.3 Å². The first-order chi connectivity index (χ1) is 38.5. The van der Waals surface area contributed by atoms with Crippen molar-refractivity contribution in [3.63, 3.8) is 0 Å². The lowest BCUT2D eigenvalue weighted by Gasteiger charge is -2.18. The molecule has 6 nitrogen and oxygen atoms in total. The third-order valence-electron chi connectivity index (χ3n) is 13.7. The molecule has 0 heterocycles. The molecule has 1 unspecified atom stereocenters. The smallest absolute Gasteiger partial charge is 0.306 e. The minimum atomic E-state index is -0.809. The Morgan fingerprint density at radius 3 is 0.846 bits per heavy atom. The van der Waals surface area contributed by atoms with Crippen molar-refractivity contribution in [3.05, 3.63) is 122 Å². The molecular weight excluding hydrogens is 961 g/mol. The van der Waals surface area contributed by atoms with Gasteiger partial charge in [0.25, 0.3) is 0 Å². The average molecular weight is 1080 g/mol. The Labute approximate surface area is 482 Å². The number of hydrogen-bond donors (Lipinski definition) is 0. The highest BCUT2D eigenvalue weighted by Gasteiger charge is 2.19. The summed E-state index contributed by atoms with van der Waals surface area (Å²) in [5, 5.41) is 0. The number of carbonyl (C=O) groups is 3. The fraction of sp³-hybridized carbons (Fsp3) is 0.681. The summed E-state index contributed by atoms with van der Waals surface area (Å²) in [4.78, 5) is 38.3. The second-order valence-electron chi connectivity index (χ2n) is 21.3. The van der Waals surface area contributed by atoms with Crippen molar-refractivity contribution in [3.8, 4) is 0 Å². The summed E-state index contributed by atoms with van der Waals surface area (Å²) in [7, 11) is 0. The van der Waals surface area contributed by atoms with Gasteiger partial charge in [-0.15, -0.1) is 0 Å². The largest absolute Gasteiger partial charge is 0.462 e. The lowest BCUT2D eigenvalue weighted by molar-refractivity contribution is -0.167. The van der Waals surface area contributed by atoms with Gasteiger partial charge in [-0.3, -0.25) is 14.4 Å². The van der Waals surface area contributed by atoms with E-state index in [1.807, 2.05) is 0 Å². The molecule has 0 N–H and O–H groups in total. The normalized spacial score (nSPS) is 12.9. The second-order valence-corrected chi connectivity index (χ2v) is 21.3. The van der Waals surface area contributed by atoms with Crippen LogP contribution in [0.3, 0.4) is 0 Å². The third kappa shape index (κ3) is 62.7. The van der Waals surface area contributed by atoms with Gasteiger partial charge in [-0.1, -0.05) is 264 Å². The lowest BCUT2D eigenvalue weighted by Crippen LogP contribution is -2.30. The topological polar surface area (TPSA) is 78.9 Å². The van der Waals surface area contributed by atoms with Gasteiger partial charge in [0.1, 0.15) is 13.2 Å². The molecule has 78 heavy (non-hydrogen) atoms. The maximum Gasteiger partial charge on any atom is 0.306 e. The molecule has 0 saturated heterocycles. The zero-order chi connectivity index (χ0) is 56.4. The molecule has 0 spiro atoms. The Hall–Kier alpha value is -4.19. The van der Waals surface area contributed by atoms with Crippen molar-refractivity contribution in [2.24, 2.45) is 0 Å². The molecule has 6 heteroatoms. The van der Waals surface area contributed by atoms with Crippen LogP contribution in [0.2, 0.25) is 0 Å². The van der Waals surface area contributed by atoms with Crippen LogP contribution in [-0.2, 0) is 28.6 Å². The summed E-state index contributed by atoms with van der Waals surface area (Å²) in [5.41, 5.74) is 0. The lowest BCUT2D eigenvalue weighted by atomic mass is 10.0. The molecule has 0 aliphatic heterocycles. The van der Waals surface area contributed by atoms with E-state index in [9.17, 15) is 14.4 Å². The third-order valence-corrected chi connectivity index (χ3v) is 13.7. The van der Waals surface area contributed by atoms with Crippen molar-refractivity contribution < 1.29 is 28.6 Å². The number of hydrogen-bond acceptors (Lipinski definition) is 6. The first kappa shape index (κ1) is 73.8. The van der Waals surface area contributed by atoms with Crippen LogP contribution in [0.4, 0.5) is 0 Å². The van der Waals surface area contributed by atoms with Gasteiger partial charge >= 0.3 is 17.9 Å². The van der Waals surface area contributed by atoms with E-state index in [-0.39, 0.29) is 37.5 Å². The van der Waals surface area contributed by atoms with Crippen molar-refractivity contribution >= 4 is 17.9 Å². The van der Waals surface area contributed by atoms with Gasteiger partial charge in [0.05, 0.1) is 0 Å². The maximum atomic E-state index is 12.9. The van der Waals surface area contributed by atoms with Crippen molar-refractivity contribution in [1.82, 2.24) is 0 Å². The first-order valence-corrected chi connectivity index (χ1v) is 32.5. The molecular formula is C72H120O6. The van der Waals surface area contributed by atoms with Crippen molar-refractivity contribution in [2.45, 2.75) is 303 Å². The molecule has 0 amide bonds. The molecule has 0 aromatic heterocycles. The molecule has 0 saturated carbocycles. The first-order valence-electron chi connectivity index (χ1n) is 32.5. The van der Waals surface area contributed by atoms with E-state index >= 15 is 0 Å². The van der Waals surface area contributed by atoms with E-state index in [0.717, 1.165) is 116 Å². The highest BCUT2D eigenvalue weighted by Crippen LogP contribution is 2.15. The minimum absolute atomic E-state index is 0.101. The van der Waals surface area contributed by atoms with E-state index in [4.69, 9.17) is 14.2 Å². The number of esters is 3. The monoisotopic (exact) mass is 1080 g/mol. The molecule has 0 aliphatic carbocycles. The van der Waals surface area contributed by atoms with Crippen LogP contribution in [0.1, 0.15) is 297 Å². The molecule has 0 radical (unpaired) electrons. The summed E-state index contributed by atoms with van der Waals surface area (Å²) in [6.07, 6.45) is 90.7. The Kier molecular flexibility index (Phi) is 61.8. The number of ether oxygens (including phenoxy) is 3. The number of carbonyl (C=O) groups excluding carboxylic acids is 3. The van der Waals surface area contributed by atoms with Crippen LogP contribution >= 0.6 is 0 Å². The zero-order valence-corrected chi connectivity index (χ0v) is 50.9. The standard InChI is InChI=1S/C72H120O6/c1-4-7-10-13-16-19-22-25-27-29-31-33-34-35-36-37-38-40-41-43-45-47-50-53-56-59-62-65-71(74)77-68-69(67-76-70(73)64-61-58-55-52-49-24-21-18-15-12-9-6-3)78-72(75)66-63-60-57-54-51-48-46-44-42-39-32-30-28-26-23-20-17-14-11-8-5-2/h8,11,17-18,20-22,25-26,28-29,31-32,34-35,39,44,46,51,54,69H,4-7,9-10,12-16,19,23-24,27,30,33,36-38,40-43,45,47-50,52-53,55-68H2,1-3H3/b11-8-,20-17-,21-18-,25-22-,28-26-,31-29-,35-34-,39-32-,46-44-,54-51-. The number of rotatable bonds is 58. The van der Waals surface area contributed by atoms with Crippen LogP contribution in [0, 0.1) is 0 Å². The molecule has 444 valence electrons. The van der Waals surface area contributed by atoms with Crippen LogP contribution in [0.25, 0.3) is 0 Å². The Morgan fingerprint density at radius 2 is 0.500 bits per heavy atom. The molecule has 1 atom stereocenters. The summed E-state index contributed by atoms with van der Waals surface area (Å²) in [5.74, 6) is -0.952. The highest BCUT2D eigenvalue weighted by atomic mass is 16.6. The van der Waals surface area contributed by atoms with E-state index < -0.39 is 6.10 Å². The minimum Gasteiger partial charge on any atom is -0.462 e. The molecule has 0 aliphatic rings. The average Bonchev–Trinajstić information content (AvgIpc) is 3.44. The van der Waals surface area contributed by atoms with Gasteiger partial charge < -0.3 is 14.2 Å². The van der Waals surface area contributed by atoms with Crippen LogP contribution in [0.5, 0.6) is 0 Å². The summed E-state index contributed by atoms with van der Waals surface area (Å²) < 4.78 is 16.9. The Bertz CT molecular complexity index is 1620. The predicted molar refractivity (Wildman–Crippen MR) is 339 cm³/mol. The van der Waals surface area contributed by atoms with E-state index in [1.165, 1.54) is 135 Å². The van der Waals surface area contributed by atoms with Gasteiger partial charge in [-0.25, -0.2) is 0 Å². The zero-order valence-electron chi connectivity index (χ0n) is 50.9. The molecule has 0 rings (SSSR count). The maximum absolute atomic E-state index is 12.9. The Morgan fingerprint density at radius 1 is 0.269 bits per heavy atom. The summed E-state index contributed by atoms with van der Waals surface area (Å²) in [6, 6.07) is 0. The molecule has 0 fully saturated rings. The summed E-state index contributed by atoms with van der Waals surface area (Å²) in [6.45, 7) is 6.46. The fourth-order valence-electron chi connectivity index (χ4n) is 8.80. The van der Waals surface area contributed by atoms with E-state index in [2.05, 4.69) is 142 Å². The quantitative estimate of drug-likeness (QED) is 0.0261. The van der Waals surface area contributed by atoms with E-state index in [1.54, 1.807) is 0 Å². The number of allylic oxidation sites excluding steroid dienone is 20. The number of unbranched alkanes of at least 4 members (excludes halogenated alkanes) is 27. The van der Waals surface area contributed by atoms with Gasteiger partial charge in [-0.2, -0.15) is 0 Å². The van der Waals surface area contributed by atoms with Crippen LogP contribution in [0.15, 0.2) is 122 Å². The fourth-order valence-corrected chi connectivity index (χ4v) is 8.80. The van der Waals surface area contributed by atoms with Crippen molar-refractivity contribution in [2.75, 3.05) is 13.2 Å².